The second-order valence-electron chi connectivity index (χ2n) is 6.91. The highest BCUT2D eigenvalue weighted by atomic mass is 32.2. The topological polar surface area (TPSA) is 74.8 Å². The molecular weight excluding hydrogens is 340 g/mol. The van der Waals surface area contributed by atoms with Crippen LogP contribution in [0, 0.1) is 5.92 Å². The third-order valence-corrected chi connectivity index (χ3v) is 6.75. The van der Waals surface area contributed by atoms with Crippen molar-refractivity contribution in [2.24, 2.45) is 5.92 Å². The van der Waals surface area contributed by atoms with Crippen molar-refractivity contribution in [3.63, 3.8) is 0 Å². The van der Waals surface area contributed by atoms with Crippen molar-refractivity contribution in [2.75, 3.05) is 27.2 Å². The summed E-state index contributed by atoms with van der Waals surface area (Å²) in [4.78, 5) is 28.4. The molecule has 1 heterocycles. The maximum atomic E-state index is 13.0. The molecule has 0 N–H and O–H groups in total. The lowest BCUT2D eigenvalue weighted by atomic mass is 9.96. The van der Waals surface area contributed by atoms with Gasteiger partial charge in [0.25, 0.3) is 5.91 Å². The molecule has 0 aliphatic carbocycles. The zero-order chi connectivity index (χ0) is 18.8. The van der Waals surface area contributed by atoms with Crippen molar-refractivity contribution >= 4 is 21.7 Å². The molecule has 6 nitrogen and oxygen atoms in total. The molecule has 138 valence electrons. The third-order valence-electron chi connectivity index (χ3n) is 4.54. The van der Waals surface area contributed by atoms with Gasteiger partial charge in [0.15, 0.2) is 9.84 Å². The predicted octanol–water partition coefficient (Wildman–Crippen LogP) is 1.81. The molecule has 1 aromatic carbocycles. The minimum Gasteiger partial charge on any atom is -0.349 e. The van der Waals surface area contributed by atoms with Crippen LogP contribution in [0.2, 0.25) is 0 Å². The van der Waals surface area contributed by atoms with Gasteiger partial charge in [-0.25, -0.2) is 8.42 Å². The molecule has 0 saturated carbocycles. The molecular formula is C18H26N2O4S. The van der Waals surface area contributed by atoms with Gasteiger partial charge in [-0.15, -0.1) is 0 Å². The van der Waals surface area contributed by atoms with Gasteiger partial charge in [0, 0.05) is 27.2 Å². The van der Waals surface area contributed by atoms with E-state index in [1.165, 1.54) is 11.0 Å². The molecule has 0 radical (unpaired) electrons. The van der Waals surface area contributed by atoms with E-state index in [4.69, 9.17) is 0 Å². The van der Waals surface area contributed by atoms with Crippen LogP contribution in [0.15, 0.2) is 29.2 Å². The van der Waals surface area contributed by atoms with E-state index in [2.05, 4.69) is 0 Å². The molecule has 1 aromatic rings. The highest BCUT2D eigenvalue weighted by Crippen LogP contribution is 2.25. The van der Waals surface area contributed by atoms with Gasteiger partial charge in [-0.2, -0.15) is 0 Å². The van der Waals surface area contributed by atoms with E-state index < -0.39 is 15.1 Å². The summed E-state index contributed by atoms with van der Waals surface area (Å²) in [5.74, 6) is -0.557. The highest BCUT2D eigenvalue weighted by molar-refractivity contribution is 7.92. The molecule has 1 atom stereocenters. The molecule has 1 aliphatic heterocycles. The minimum atomic E-state index is -3.56. The van der Waals surface area contributed by atoms with Crippen LogP contribution in [0.25, 0.3) is 0 Å². The van der Waals surface area contributed by atoms with E-state index in [-0.39, 0.29) is 28.2 Å². The number of amides is 2. The maximum absolute atomic E-state index is 13.0. The van der Waals surface area contributed by atoms with Crippen LogP contribution in [-0.4, -0.2) is 62.5 Å². The Bertz CT molecular complexity index is 756. The van der Waals surface area contributed by atoms with Gasteiger partial charge >= 0.3 is 0 Å². The minimum absolute atomic E-state index is 0.000544. The molecule has 0 unspecified atom stereocenters. The Morgan fingerprint density at radius 2 is 1.84 bits per heavy atom. The standard InChI is InChI=1S/C18H26N2O4S/c1-13(2)25(23,24)16-10-6-5-9-15(16)18(22)20-11-7-8-14(12-20)17(21)19(3)4/h5-6,9-10,13-14H,7-8,11-12H2,1-4H3/t14-/m1/s1. The summed E-state index contributed by atoms with van der Waals surface area (Å²) < 4.78 is 25.1. The van der Waals surface area contributed by atoms with Crippen LogP contribution in [0.1, 0.15) is 37.0 Å². The first-order valence-corrected chi connectivity index (χ1v) is 10.0. The molecule has 0 bridgehead atoms. The van der Waals surface area contributed by atoms with Crippen LogP contribution >= 0.6 is 0 Å². The maximum Gasteiger partial charge on any atom is 0.255 e. The van der Waals surface area contributed by atoms with Gasteiger partial charge in [0.05, 0.1) is 21.6 Å². The van der Waals surface area contributed by atoms with E-state index >= 15 is 0 Å². The largest absolute Gasteiger partial charge is 0.349 e. The van der Waals surface area contributed by atoms with Crippen molar-refractivity contribution in [3.8, 4) is 0 Å². The van der Waals surface area contributed by atoms with E-state index in [0.717, 1.165) is 12.8 Å². The fourth-order valence-corrected chi connectivity index (χ4v) is 4.28. The molecule has 7 heteroatoms. The molecule has 2 rings (SSSR count). The number of nitrogens with zero attached hydrogens (tertiary/aromatic N) is 2. The van der Waals surface area contributed by atoms with E-state index in [1.807, 2.05) is 0 Å². The molecule has 25 heavy (non-hydrogen) atoms. The van der Waals surface area contributed by atoms with Gasteiger partial charge < -0.3 is 9.80 Å². The van der Waals surface area contributed by atoms with Crippen molar-refractivity contribution < 1.29 is 18.0 Å². The molecule has 0 spiro atoms. The van der Waals surface area contributed by atoms with E-state index in [9.17, 15) is 18.0 Å². The number of benzene rings is 1. The first kappa shape index (κ1) is 19.4. The zero-order valence-electron chi connectivity index (χ0n) is 15.2. The number of hydrogen-bond acceptors (Lipinski definition) is 4. The number of piperidine rings is 1. The van der Waals surface area contributed by atoms with Crippen molar-refractivity contribution in [1.82, 2.24) is 9.80 Å². The zero-order valence-corrected chi connectivity index (χ0v) is 16.0. The number of likely N-dealkylation sites (tertiary alicyclic amines) is 1. The average Bonchev–Trinajstić information content (AvgIpc) is 2.60. The Morgan fingerprint density at radius 3 is 2.44 bits per heavy atom. The number of rotatable bonds is 4. The normalized spacial score (nSPS) is 18.3. The Kier molecular flexibility index (Phi) is 5.87. The van der Waals surface area contributed by atoms with Crippen LogP contribution in [0.5, 0.6) is 0 Å². The van der Waals surface area contributed by atoms with Crippen LogP contribution in [0.3, 0.4) is 0 Å². The summed E-state index contributed by atoms with van der Waals surface area (Å²) >= 11 is 0. The van der Waals surface area contributed by atoms with Gasteiger partial charge in [0.1, 0.15) is 0 Å². The third kappa shape index (κ3) is 4.03. The molecule has 1 saturated heterocycles. The molecule has 1 fully saturated rings. The predicted molar refractivity (Wildman–Crippen MR) is 96.1 cm³/mol. The average molecular weight is 366 g/mol. The lowest BCUT2D eigenvalue weighted by molar-refractivity contribution is -0.134. The number of carbonyl (C=O) groups excluding carboxylic acids is 2. The lowest BCUT2D eigenvalue weighted by Gasteiger charge is -2.33. The monoisotopic (exact) mass is 366 g/mol. The molecule has 2 amide bonds. The quantitative estimate of drug-likeness (QED) is 0.814. The van der Waals surface area contributed by atoms with E-state index in [1.54, 1.807) is 51.0 Å². The van der Waals surface area contributed by atoms with E-state index in [0.29, 0.717) is 13.1 Å². The Hall–Kier alpha value is -1.89. The summed E-state index contributed by atoms with van der Waals surface area (Å²) in [6, 6.07) is 6.32. The SMILES string of the molecule is CC(C)S(=O)(=O)c1ccccc1C(=O)N1CCC[C@@H](C(=O)N(C)C)C1. The Morgan fingerprint density at radius 1 is 1.20 bits per heavy atom. The smallest absolute Gasteiger partial charge is 0.255 e. The van der Waals surface area contributed by atoms with Gasteiger partial charge in [-0.1, -0.05) is 12.1 Å². The first-order valence-electron chi connectivity index (χ1n) is 8.49. The number of sulfone groups is 1. The van der Waals surface area contributed by atoms with Crippen molar-refractivity contribution in [1.29, 1.82) is 0 Å². The summed E-state index contributed by atoms with van der Waals surface area (Å²) in [5.41, 5.74) is 0.189. The summed E-state index contributed by atoms with van der Waals surface area (Å²) in [5, 5.41) is -0.606. The molecule has 1 aliphatic rings. The summed E-state index contributed by atoms with van der Waals surface area (Å²) in [7, 11) is -0.153. The van der Waals surface area contributed by atoms with Crippen LogP contribution < -0.4 is 0 Å². The number of carbonyl (C=O) groups is 2. The fourth-order valence-electron chi connectivity index (χ4n) is 3.04. The van der Waals surface area contributed by atoms with Gasteiger partial charge in [-0.3, -0.25) is 9.59 Å². The lowest BCUT2D eigenvalue weighted by Crippen LogP contribution is -2.45. The molecule has 0 aromatic heterocycles. The van der Waals surface area contributed by atoms with Gasteiger partial charge in [0.2, 0.25) is 5.91 Å². The fraction of sp³-hybridized carbons (Fsp3) is 0.556. The van der Waals surface area contributed by atoms with Crippen LogP contribution in [0.4, 0.5) is 0 Å². The Balaban J connectivity index is 2.31. The van der Waals surface area contributed by atoms with Crippen molar-refractivity contribution in [2.45, 2.75) is 36.8 Å². The number of hydrogen-bond donors (Lipinski definition) is 0. The highest BCUT2D eigenvalue weighted by Gasteiger charge is 2.32. The second kappa shape index (κ2) is 7.56. The van der Waals surface area contributed by atoms with Crippen LogP contribution in [-0.2, 0) is 14.6 Å². The van der Waals surface area contributed by atoms with Crippen molar-refractivity contribution in [3.05, 3.63) is 29.8 Å². The Labute approximate surface area is 149 Å². The first-order chi connectivity index (χ1) is 11.7. The summed E-state index contributed by atoms with van der Waals surface area (Å²) in [6.07, 6.45) is 1.47. The second-order valence-corrected chi connectivity index (χ2v) is 9.39. The summed E-state index contributed by atoms with van der Waals surface area (Å²) in [6.45, 7) is 4.06. The van der Waals surface area contributed by atoms with Gasteiger partial charge in [-0.05, 0) is 38.8 Å².